The second-order valence-corrected chi connectivity index (χ2v) is 7.75. The molecule has 2 aliphatic rings. The van der Waals surface area contributed by atoms with Gasteiger partial charge in [0.2, 0.25) is 11.7 Å². The van der Waals surface area contributed by atoms with Gasteiger partial charge in [0.05, 0.1) is 0 Å². The van der Waals surface area contributed by atoms with Gasteiger partial charge in [0.25, 0.3) is 5.91 Å². The largest absolute Gasteiger partial charge is 0.368 e. The highest BCUT2D eigenvalue weighted by Crippen LogP contribution is 2.20. The van der Waals surface area contributed by atoms with Gasteiger partial charge >= 0.3 is 0 Å². The van der Waals surface area contributed by atoms with Gasteiger partial charge in [-0.15, -0.1) is 0 Å². The smallest absolute Gasteiger partial charge is 0.251 e. The standard InChI is InChI=1S/C21H27FN4O3/c1-15-6-7-16(14-17(15)22)20-23-19(29-24-20)5-2-8-25-9-11-26(12-10-25)21(27)18-4-3-13-28-18/h6-7,14,18H,2-5,8-13H2,1H3. The highest BCUT2D eigenvalue weighted by molar-refractivity contribution is 5.81. The topological polar surface area (TPSA) is 71.7 Å². The number of benzene rings is 1. The van der Waals surface area contributed by atoms with Crippen molar-refractivity contribution in [2.45, 2.75) is 38.7 Å². The zero-order chi connectivity index (χ0) is 20.2. The summed E-state index contributed by atoms with van der Waals surface area (Å²) < 4.78 is 24.5. The van der Waals surface area contributed by atoms with Crippen LogP contribution in [0.1, 0.15) is 30.7 Å². The summed E-state index contributed by atoms with van der Waals surface area (Å²) in [6.45, 7) is 6.58. The van der Waals surface area contributed by atoms with E-state index in [2.05, 4.69) is 15.0 Å². The number of carbonyl (C=O) groups is 1. The van der Waals surface area contributed by atoms with E-state index < -0.39 is 0 Å². The van der Waals surface area contributed by atoms with Crippen LogP contribution in [-0.2, 0) is 16.0 Å². The minimum absolute atomic E-state index is 0.146. The van der Waals surface area contributed by atoms with Crippen molar-refractivity contribution in [2.75, 3.05) is 39.3 Å². The Labute approximate surface area is 169 Å². The molecule has 29 heavy (non-hydrogen) atoms. The van der Waals surface area contributed by atoms with Crippen molar-refractivity contribution in [3.63, 3.8) is 0 Å². The van der Waals surface area contributed by atoms with Gasteiger partial charge in [-0.25, -0.2) is 4.39 Å². The molecule has 1 unspecified atom stereocenters. The lowest BCUT2D eigenvalue weighted by Crippen LogP contribution is -2.51. The number of carbonyl (C=O) groups excluding carboxylic acids is 1. The summed E-state index contributed by atoms with van der Waals surface area (Å²) in [5.74, 6) is 0.854. The van der Waals surface area contributed by atoms with E-state index in [0.717, 1.165) is 52.0 Å². The molecule has 7 nitrogen and oxygen atoms in total. The number of aryl methyl sites for hydroxylation is 2. The van der Waals surface area contributed by atoms with Crippen molar-refractivity contribution in [3.8, 4) is 11.4 Å². The lowest BCUT2D eigenvalue weighted by Gasteiger charge is -2.35. The van der Waals surface area contributed by atoms with Crippen LogP contribution in [0, 0.1) is 12.7 Å². The Morgan fingerprint density at radius 2 is 2.10 bits per heavy atom. The molecule has 8 heteroatoms. The number of hydrogen-bond acceptors (Lipinski definition) is 6. The normalized spacial score (nSPS) is 20.3. The molecule has 2 aliphatic heterocycles. The summed E-state index contributed by atoms with van der Waals surface area (Å²) in [6.07, 6.45) is 3.17. The maximum Gasteiger partial charge on any atom is 0.251 e. The average molecular weight is 402 g/mol. The predicted octanol–water partition coefficient (Wildman–Crippen LogP) is 2.44. The number of ether oxygens (including phenoxy) is 1. The second-order valence-electron chi connectivity index (χ2n) is 7.75. The minimum atomic E-state index is -0.272. The van der Waals surface area contributed by atoms with E-state index in [1.165, 1.54) is 6.07 Å². The molecule has 0 saturated carbocycles. The van der Waals surface area contributed by atoms with Gasteiger partial charge in [-0.3, -0.25) is 9.69 Å². The van der Waals surface area contributed by atoms with Crippen LogP contribution < -0.4 is 0 Å². The molecule has 1 aromatic carbocycles. The average Bonchev–Trinajstić information content (AvgIpc) is 3.42. The fourth-order valence-corrected chi connectivity index (χ4v) is 3.83. The van der Waals surface area contributed by atoms with Gasteiger partial charge in [0.1, 0.15) is 11.9 Å². The Hall–Kier alpha value is -2.32. The van der Waals surface area contributed by atoms with Gasteiger partial charge < -0.3 is 14.2 Å². The van der Waals surface area contributed by atoms with Crippen LogP contribution in [0.3, 0.4) is 0 Å². The maximum atomic E-state index is 13.7. The molecule has 4 rings (SSSR count). The molecule has 156 valence electrons. The molecule has 3 heterocycles. The summed E-state index contributed by atoms with van der Waals surface area (Å²) in [6, 6.07) is 4.94. The second kappa shape index (κ2) is 9.00. The van der Waals surface area contributed by atoms with Gasteiger partial charge in [0, 0.05) is 44.8 Å². The highest BCUT2D eigenvalue weighted by Gasteiger charge is 2.30. The Bertz CT molecular complexity index is 842. The van der Waals surface area contributed by atoms with Crippen LogP contribution in [0.25, 0.3) is 11.4 Å². The molecule has 1 atom stereocenters. The van der Waals surface area contributed by atoms with Crippen molar-refractivity contribution in [1.82, 2.24) is 19.9 Å². The van der Waals surface area contributed by atoms with E-state index in [4.69, 9.17) is 9.26 Å². The van der Waals surface area contributed by atoms with Crippen molar-refractivity contribution >= 4 is 5.91 Å². The Kier molecular flexibility index (Phi) is 6.20. The van der Waals surface area contributed by atoms with Crippen molar-refractivity contribution in [1.29, 1.82) is 0 Å². The first-order valence-electron chi connectivity index (χ1n) is 10.3. The van der Waals surface area contributed by atoms with E-state index in [1.54, 1.807) is 19.1 Å². The SMILES string of the molecule is Cc1ccc(-c2noc(CCCN3CCN(C(=O)C4CCCO4)CC3)n2)cc1F. The monoisotopic (exact) mass is 402 g/mol. The molecule has 0 radical (unpaired) electrons. The van der Waals surface area contributed by atoms with E-state index >= 15 is 0 Å². The van der Waals surface area contributed by atoms with Gasteiger partial charge in [-0.1, -0.05) is 17.3 Å². The summed E-state index contributed by atoms with van der Waals surface area (Å²) in [5.41, 5.74) is 1.21. The highest BCUT2D eigenvalue weighted by atomic mass is 19.1. The van der Waals surface area contributed by atoms with Crippen LogP contribution in [0.15, 0.2) is 22.7 Å². The third kappa shape index (κ3) is 4.82. The van der Waals surface area contributed by atoms with E-state index in [-0.39, 0.29) is 17.8 Å². The third-order valence-electron chi connectivity index (χ3n) is 5.65. The number of hydrogen-bond donors (Lipinski definition) is 0. The lowest BCUT2D eigenvalue weighted by molar-refractivity contribution is -0.142. The number of amides is 1. The molecule has 2 aromatic rings. The van der Waals surface area contributed by atoms with Crippen LogP contribution in [-0.4, -0.2) is 71.3 Å². The number of rotatable bonds is 6. The predicted molar refractivity (Wildman–Crippen MR) is 105 cm³/mol. The number of piperazine rings is 1. The molecule has 1 aromatic heterocycles. The minimum Gasteiger partial charge on any atom is -0.368 e. The number of aromatic nitrogens is 2. The maximum absolute atomic E-state index is 13.7. The van der Waals surface area contributed by atoms with Crippen molar-refractivity contribution in [3.05, 3.63) is 35.5 Å². The molecular weight excluding hydrogens is 375 g/mol. The summed E-state index contributed by atoms with van der Waals surface area (Å²) in [7, 11) is 0. The zero-order valence-electron chi connectivity index (χ0n) is 16.8. The molecular formula is C21H27FN4O3. The third-order valence-corrected chi connectivity index (χ3v) is 5.65. The Balaban J connectivity index is 1.21. The number of halogens is 1. The first-order chi connectivity index (χ1) is 14.1. The van der Waals surface area contributed by atoms with Gasteiger partial charge in [-0.05, 0) is 44.4 Å². The van der Waals surface area contributed by atoms with Crippen LogP contribution in [0.2, 0.25) is 0 Å². The molecule has 0 bridgehead atoms. The van der Waals surface area contributed by atoms with Gasteiger partial charge in [-0.2, -0.15) is 4.98 Å². The lowest BCUT2D eigenvalue weighted by atomic mass is 10.1. The van der Waals surface area contributed by atoms with Crippen LogP contribution in [0.5, 0.6) is 0 Å². The zero-order valence-corrected chi connectivity index (χ0v) is 16.8. The van der Waals surface area contributed by atoms with Crippen molar-refractivity contribution < 1.29 is 18.4 Å². The first-order valence-corrected chi connectivity index (χ1v) is 10.3. The molecule has 0 N–H and O–H groups in total. The fourth-order valence-electron chi connectivity index (χ4n) is 3.83. The van der Waals surface area contributed by atoms with E-state index in [0.29, 0.717) is 35.9 Å². The van der Waals surface area contributed by atoms with Gasteiger partial charge in [0.15, 0.2) is 0 Å². The fraction of sp³-hybridized carbons (Fsp3) is 0.571. The summed E-state index contributed by atoms with van der Waals surface area (Å²) in [5, 5.41) is 3.97. The van der Waals surface area contributed by atoms with E-state index in [1.807, 2.05) is 4.90 Å². The quantitative estimate of drug-likeness (QED) is 0.739. The molecule has 0 aliphatic carbocycles. The Morgan fingerprint density at radius 3 is 2.83 bits per heavy atom. The van der Waals surface area contributed by atoms with Crippen LogP contribution >= 0.6 is 0 Å². The number of nitrogens with zero attached hydrogens (tertiary/aromatic N) is 4. The molecule has 2 fully saturated rings. The molecule has 2 saturated heterocycles. The molecule has 1 amide bonds. The van der Waals surface area contributed by atoms with Crippen molar-refractivity contribution in [2.24, 2.45) is 0 Å². The van der Waals surface area contributed by atoms with E-state index in [9.17, 15) is 9.18 Å². The first kappa shape index (κ1) is 20.0. The van der Waals surface area contributed by atoms with Crippen LogP contribution in [0.4, 0.5) is 4.39 Å². The summed E-state index contributed by atoms with van der Waals surface area (Å²) >= 11 is 0. The Morgan fingerprint density at radius 1 is 1.28 bits per heavy atom. The summed E-state index contributed by atoms with van der Waals surface area (Å²) in [4.78, 5) is 21.1. The molecule has 0 spiro atoms.